The monoisotopic (exact) mass is 316 g/mol. The second-order valence-electron chi connectivity index (χ2n) is 6.03. The number of phenolic OH excluding ortho intramolecular Hbond substituents is 1. The van der Waals surface area contributed by atoms with Crippen LogP contribution in [0.15, 0.2) is 23.1 Å². The predicted octanol–water partition coefficient (Wildman–Crippen LogP) is 2.26. The van der Waals surface area contributed by atoms with Crippen LogP contribution in [0.4, 0.5) is 5.69 Å². The molecule has 1 atom stereocenters. The normalized spacial score (nSPS) is 13.9. The molecule has 0 fully saturated rings. The number of nitro groups is 1. The van der Waals surface area contributed by atoms with Crippen LogP contribution in [0.25, 0.3) is 0 Å². The van der Waals surface area contributed by atoms with Crippen molar-refractivity contribution < 1.29 is 18.4 Å². The van der Waals surface area contributed by atoms with Crippen molar-refractivity contribution in [2.75, 3.05) is 6.54 Å². The van der Waals surface area contributed by atoms with Gasteiger partial charge in [-0.2, -0.15) is 0 Å². The Hall–Kier alpha value is -1.67. The maximum Gasteiger partial charge on any atom is 0.312 e. The van der Waals surface area contributed by atoms with E-state index in [0.717, 1.165) is 18.2 Å². The number of rotatable bonds is 5. The minimum atomic E-state index is -3.85. The lowest BCUT2D eigenvalue weighted by atomic mass is 9.82. The van der Waals surface area contributed by atoms with Gasteiger partial charge >= 0.3 is 5.69 Å². The van der Waals surface area contributed by atoms with Crippen LogP contribution in [0, 0.1) is 21.4 Å². The molecule has 118 valence electrons. The number of sulfonamides is 1. The molecule has 0 saturated heterocycles. The SMILES string of the molecule is CC(CNS(=O)(=O)c1ccc(O)c([N+](=O)[O-])c1)C(C)(C)C. The maximum absolute atomic E-state index is 12.1. The van der Waals surface area contributed by atoms with Gasteiger partial charge in [-0.25, -0.2) is 13.1 Å². The van der Waals surface area contributed by atoms with E-state index in [1.165, 1.54) is 0 Å². The molecule has 0 spiro atoms. The Balaban J connectivity index is 2.99. The highest BCUT2D eigenvalue weighted by molar-refractivity contribution is 7.89. The van der Waals surface area contributed by atoms with Crippen molar-refractivity contribution in [3.8, 4) is 5.75 Å². The smallest absolute Gasteiger partial charge is 0.312 e. The summed E-state index contributed by atoms with van der Waals surface area (Å²) < 4.78 is 26.7. The Bertz CT molecular complexity index is 634. The zero-order valence-electron chi connectivity index (χ0n) is 12.5. The summed E-state index contributed by atoms with van der Waals surface area (Å²) in [6.45, 7) is 8.13. The number of phenols is 1. The largest absolute Gasteiger partial charge is 0.502 e. The molecule has 0 aliphatic rings. The molecule has 0 aliphatic heterocycles. The molecule has 1 aromatic carbocycles. The molecular formula is C13H20N2O5S. The van der Waals surface area contributed by atoms with E-state index in [4.69, 9.17) is 0 Å². The van der Waals surface area contributed by atoms with Gasteiger partial charge in [0.1, 0.15) is 0 Å². The molecule has 1 unspecified atom stereocenters. The fourth-order valence-electron chi connectivity index (χ4n) is 1.44. The van der Waals surface area contributed by atoms with Gasteiger partial charge in [0.25, 0.3) is 0 Å². The van der Waals surface area contributed by atoms with E-state index in [-0.39, 0.29) is 22.8 Å². The molecule has 0 heterocycles. The number of aromatic hydroxyl groups is 1. The van der Waals surface area contributed by atoms with Crippen molar-refractivity contribution in [2.45, 2.75) is 32.6 Å². The summed E-state index contributed by atoms with van der Waals surface area (Å²) in [6.07, 6.45) is 0. The molecule has 1 aromatic rings. The highest BCUT2D eigenvalue weighted by Gasteiger charge is 2.24. The van der Waals surface area contributed by atoms with Crippen LogP contribution in [0.1, 0.15) is 27.7 Å². The molecule has 0 amide bonds. The van der Waals surface area contributed by atoms with Crippen molar-refractivity contribution >= 4 is 15.7 Å². The van der Waals surface area contributed by atoms with Crippen LogP contribution in [0.5, 0.6) is 5.75 Å². The van der Waals surface area contributed by atoms with E-state index < -0.39 is 26.4 Å². The zero-order chi connectivity index (χ0) is 16.4. The molecule has 8 heteroatoms. The van der Waals surface area contributed by atoms with Gasteiger partial charge in [-0.3, -0.25) is 10.1 Å². The summed E-state index contributed by atoms with van der Waals surface area (Å²) in [6, 6.07) is 2.98. The first-order valence-electron chi connectivity index (χ1n) is 6.42. The first kappa shape index (κ1) is 17.4. The van der Waals surface area contributed by atoms with E-state index in [9.17, 15) is 23.6 Å². The van der Waals surface area contributed by atoms with Crippen molar-refractivity contribution in [3.63, 3.8) is 0 Å². The second kappa shape index (κ2) is 5.98. The van der Waals surface area contributed by atoms with E-state index in [2.05, 4.69) is 4.72 Å². The topological polar surface area (TPSA) is 110 Å². The molecule has 0 aromatic heterocycles. The van der Waals surface area contributed by atoms with Gasteiger partial charge in [0.05, 0.1) is 9.82 Å². The lowest BCUT2D eigenvalue weighted by molar-refractivity contribution is -0.386. The lowest BCUT2D eigenvalue weighted by Gasteiger charge is -2.27. The summed E-state index contributed by atoms with van der Waals surface area (Å²) in [4.78, 5) is 9.66. The number of hydrogen-bond acceptors (Lipinski definition) is 5. The first-order valence-corrected chi connectivity index (χ1v) is 7.90. The van der Waals surface area contributed by atoms with E-state index in [1.807, 2.05) is 27.7 Å². The first-order chi connectivity index (χ1) is 9.45. The molecular weight excluding hydrogens is 296 g/mol. The van der Waals surface area contributed by atoms with Gasteiger partial charge in [-0.1, -0.05) is 27.7 Å². The van der Waals surface area contributed by atoms with Crippen LogP contribution in [0.3, 0.4) is 0 Å². The fourth-order valence-corrected chi connectivity index (χ4v) is 2.59. The predicted molar refractivity (Wildman–Crippen MR) is 78.6 cm³/mol. The molecule has 7 nitrogen and oxygen atoms in total. The summed E-state index contributed by atoms with van der Waals surface area (Å²) in [5, 5.41) is 20.1. The Morgan fingerprint density at radius 2 is 1.95 bits per heavy atom. The molecule has 2 N–H and O–H groups in total. The molecule has 0 aliphatic carbocycles. The summed E-state index contributed by atoms with van der Waals surface area (Å²) >= 11 is 0. The Morgan fingerprint density at radius 1 is 1.38 bits per heavy atom. The van der Waals surface area contributed by atoms with Crippen LogP contribution in [0.2, 0.25) is 0 Å². The fraction of sp³-hybridized carbons (Fsp3) is 0.538. The van der Waals surface area contributed by atoms with Crippen molar-refractivity contribution in [1.29, 1.82) is 0 Å². The van der Waals surface area contributed by atoms with Crippen molar-refractivity contribution in [1.82, 2.24) is 4.72 Å². The summed E-state index contributed by atoms with van der Waals surface area (Å²) in [5.41, 5.74) is -0.703. The minimum Gasteiger partial charge on any atom is -0.502 e. The third-order valence-corrected chi connectivity index (χ3v) is 4.93. The zero-order valence-corrected chi connectivity index (χ0v) is 13.3. The van der Waals surface area contributed by atoms with Crippen LogP contribution in [-0.4, -0.2) is 25.0 Å². The van der Waals surface area contributed by atoms with Gasteiger partial charge in [-0.15, -0.1) is 0 Å². The van der Waals surface area contributed by atoms with Crippen LogP contribution < -0.4 is 4.72 Å². The third kappa shape index (κ3) is 4.40. The third-order valence-electron chi connectivity index (χ3n) is 3.51. The van der Waals surface area contributed by atoms with Gasteiger partial charge in [-0.05, 0) is 23.5 Å². The summed E-state index contributed by atoms with van der Waals surface area (Å²) in [7, 11) is -3.85. The number of nitrogens with one attached hydrogen (secondary N) is 1. The van der Waals surface area contributed by atoms with Gasteiger partial charge in [0.15, 0.2) is 5.75 Å². The average Bonchev–Trinajstić information content (AvgIpc) is 2.34. The van der Waals surface area contributed by atoms with Crippen LogP contribution >= 0.6 is 0 Å². The quantitative estimate of drug-likeness (QED) is 0.639. The van der Waals surface area contributed by atoms with E-state index >= 15 is 0 Å². The van der Waals surface area contributed by atoms with E-state index in [1.54, 1.807) is 0 Å². The molecule has 0 radical (unpaired) electrons. The summed E-state index contributed by atoms with van der Waals surface area (Å²) in [5.74, 6) is -0.485. The molecule has 1 rings (SSSR count). The lowest BCUT2D eigenvalue weighted by Crippen LogP contribution is -2.33. The number of hydrogen-bond donors (Lipinski definition) is 2. The molecule has 0 bridgehead atoms. The van der Waals surface area contributed by atoms with Crippen molar-refractivity contribution in [3.05, 3.63) is 28.3 Å². The second-order valence-corrected chi connectivity index (χ2v) is 7.79. The van der Waals surface area contributed by atoms with Crippen LogP contribution in [-0.2, 0) is 10.0 Å². The maximum atomic E-state index is 12.1. The highest BCUT2D eigenvalue weighted by atomic mass is 32.2. The number of nitrogens with zero attached hydrogens (tertiary/aromatic N) is 1. The average molecular weight is 316 g/mol. The minimum absolute atomic E-state index is 0.0660. The Labute approximate surface area is 124 Å². The standard InChI is InChI=1S/C13H20N2O5S/c1-9(13(2,3)4)8-14-21(19,20)10-5-6-12(16)11(7-10)15(17)18/h5-7,9,14,16H,8H2,1-4H3. The number of benzene rings is 1. The van der Waals surface area contributed by atoms with Gasteiger partial charge in [0.2, 0.25) is 10.0 Å². The van der Waals surface area contributed by atoms with Gasteiger partial charge in [0, 0.05) is 12.6 Å². The Morgan fingerprint density at radius 3 is 2.43 bits per heavy atom. The Kier molecular flexibility index (Phi) is 4.95. The molecule has 21 heavy (non-hydrogen) atoms. The number of nitro benzene ring substituents is 1. The van der Waals surface area contributed by atoms with Crippen molar-refractivity contribution in [2.24, 2.45) is 11.3 Å². The molecule has 0 saturated carbocycles. The highest BCUT2D eigenvalue weighted by Crippen LogP contribution is 2.29. The van der Waals surface area contributed by atoms with Gasteiger partial charge < -0.3 is 5.11 Å². The van der Waals surface area contributed by atoms with E-state index in [0.29, 0.717) is 0 Å².